The molecule has 0 aliphatic carbocycles. The maximum absolute atomic E-state index is 11.5. The van der Waals surface area contributed by atoms with Crippen molar-refractivity contribution in [2.24, 2.45) is 0 Å². The number of aromatic amines is 1. The summed E-state index contributed by atoms with van der Waals surface area (Å²) in [6, 6.07) is 6.88. The third kappa shape index (κ3) is 2.45. The number of aromatic nitrogens is 2. The predicted octanol–water partition coefficient (Wildman–Crippen LogP) is 3.46. The second-order valence-electron chi connectivity index (χ2n) is 4.18. The van der Waals surface area contributed by atoms with Crippen LogP contribution in [0.15, 0.2) is 38.3 Å². The summed E-state index contributed by atoms with van der Waals surface area (Å²) >= 11 is 4.99. The Morgan fingerprint density at radius 2 is 2.11 bits per heavy atom. The van der Waals surface area contributed by atoms with E-state index in [1.807, 2.05) is 11.4 Å². The number of hydrogen-bond donors (Lipinski definition) is 1. The molecule has 0 aliphatic heterocycles. The molecule has 19 heavy (non-hydrogen) atoms. The minimum atomic E-state index is -3.20. The number of benzene rings is 1. The van der Waals surface area contributed by atoms with Crippen molar-refractivity contribution in [1.82, 2.24) is 9.97 Å². The van der Waals surface area contributed by atoms with Crippen molar-refractivity contribution >= 4 is 48.1 Å². The van der Waals surface area contributed by atoms with Gasteiger partial charge in [-0.3, -0.25) is 0 Å². The van der Waals surface area contributed by atoms with E-state index in [2.05, 4.69) is 25.9 Å². The Morgan fingerprint density at radius 1 is 1.32 bits per heavy atom. The van der Waals surface area contributed by atoms with E-state index in [1.54, 1.807) is 29.5 Å². The number of nitrogens with one attached hydrogen (secondary N) is 1. The quantitative estimate of drug-likeness (QED) is 0.764. The molecule has 2 heterocycles. The van der Waals surface area contributed by atoms with Crippen LogP contribution in [-0.4, -0.2) is 24.6 Å². The first-order chi connectivity index (χ1) is 8.93. The summed E-state index contributed by atoms with van der Waals surface area (Å²) in [5.41, 5.74) is 2.46. The van der Waals surface area contributed by atoms with Gasteiger partial charge in [-0.05, 0) is 40.2 Å². The molecule has 0 atom stereocenters. The lowest BCUT2D eigenvalue weighted by atomic mass is 10.3. The van der Waals surface area contributed by atoms with Gasteiger partial charge in [0.2, 0.25) is 0 Å². The molecular weight excluding hydrogens is 348 g/mol. The molecular formula is C12H9BrN2O2S2. The van der Waals surface area contributed by atoms with Gasteiger partial charge in [-0.25, -0.2) is 13.4 Å². The fourth-order valence-electron chi connectivity index (χ4n) is 1.79. The maximum atomic E-state index is 11.5. The van der Waals surface area contributed by atoms with Crippen LogP contribution in [0.25, 0.3) is 22.4 Å². The first-order valence-corrected chi connectivity index (χ1v) is 8.94. The van der Waals surface area contributed by atoms with Crippen LogP contribution in [0, 0.1) is 0 Å². The Labute approximate surface area is 122 Å². The first-order valence-electron chi connectivity index (χ1n) is 5.38. The number of hydrogen-bond acceptors (Lipinski definition) is 4. The molecule has 4 nitrogen and oxygen atoms in total. The smallest absolute Gasteiger partial charge is 0.175 e. The molecule has 3 rings (SSSR count). The molecule has 98 valence electrons. The van der Waals surface area contributed by atoms with Crippen LogP contribution in [0.2, 0.25) is 0 Å². The highest BCUT2D eigenvalue weighted by Crippen LogP contribution is 2.29. The Morgan fingerprint density at radius 3 is 2.74 bits per heavy atom. The number of imidazole rings is 1. The van der Waals surface area contributed by atoms with E-state index in [9.17, 15) is 8.42 Å². The van der Waals surface area contributed by atoms with E-state index < -0.39 is 9.84 Å². The van der Waals surface area contributed by atoms with Gasteiger partial charge < -0.3 is 4.98 Å². The standard InChI is InChI=1S/C12H9BrN2O2S2/c1-19(16,17)8-2-3-9-10(5-8)15-12(14-9)7-4-11(13)18-6-7/h2-6H,1H3,(H,14,15). The van der Waals surface area contributed by atoms with Crippen molar-refractivity contribution in [3.8, 4) is 11.4 Å². The highest BCUT2D eigenvalue weighted by Gasteiger charge is 2.11. The SMILES string of the molecule is CS(=O)(=O)c1ccc2nc(-c3csc(Br)c3)[nH]c2c1. The van der Waals surface area contributed by atoms with Gasteiger partial charge in [0.05, 0.1) is 19.7 Å². The molecule has 0 unspecified atom stereocenters. The molecule has 1 N–H and O–H groups in total. The predicted molar refractivity (Wildman–Crippen MR) is 80.2 cm³/mol. The number of halogens is 1. The van der Waals surface area contributed by atoms with Crippen molar-refractivity contribution in [2.75, 3.05) is 6.26 Å². The van der Waals surface area contributed by atoms with Crippen LogP contribution < -0.4 is 0 Å². The molecule has 7 heteroatoms. The largest absolute Gasteiger partial charge is 0.338 e. The molecule has 0 fully saturated rings. The van der Waals surface area contributed by atoms with Crippen LogP contribution in [0.4, 0.5) is 0 Å². The van der Waals surface area contributed by atoms with Gasteiger partial charge in [0.25, 0.3) is 0 Å². The lowest BCUT2D eigenvalue weighted by molar-refractivity contribution is 0.602. The summed E-state index contributed by atoms with van der Waals surface area (Å²) < 4.78 is 24.1. The zero-order chi connectivity index (χ0) is 13.6. The number of sulfone groups is 1. The number of H-pyrrole nitrogens is 1. The minimum Gasteiger partial charge on any atom is -0.338 e. The van der Waals surface area contributed by atoms with Gasteiger partial charge in [-0.2, -0.15) is 0 Å². The highest BCUT2D eigenvalue weighted by atomic mass is 79.9. The molecule has 1 aromatic carbocycles. The molecule has 0 saturated heterocycles. The number of nitrogens with zero attached hydrogens (tertiary/aromatic N) is 1. The molecule has 3 aromatic rings. The summed E-state index contributed by atoms with van der Waals surface area (Å²) in [6.07, 6.45) is 1.20. The van der Waals surface area contributed by atoms with Crippen LogP contribution in [0.3, 0.4) is 0 Å². The Kier molecular flexibility index (Phi) is 2.99. The van der Waals surface area contributed by atoms with Gasteiger partial charge in [-0.15, -0.1) is 11.3 Å². The third-order valence-electron chi connectivity index (χ3n) is 2.72. The fraction of sp³-hybridized carbons (Fsp3) is 0.0833. The van der Waals surface area contributed by atoms with E-state index in [-0.39, 0.29) is 0 Å². The second kappa shape index (κ2) is 4.43. The molecule has 0 bridgehead atoms. The van der Waals surface area contributed by atoms with Crippen molar-refractivity contribution < 1.29 is 8.42 Å². The monoisotopic (exact) mass is 356 g/mol. The van der Waals surface area contributed by atoms with Gasteiger partial charge in [0, 0.05) is 17.2 Å². The van der Waals surface area contributed by atoms with Gasteiger partial charge in [-0.1, -0.05) is 0 Å². The van der Waals surface area contributed by atoms with Crippen molar-refractivity contribution in [3.05, 3.63) is 33.4 Å². The van der Waals surface area contributed by atoms with Gasteiger partial charge >= 0.3 is 0 Å². The number of rotatable bonds is 2. The first kappa shape index (κ1) is 12.8. The van der Waals surface area contributed by atoms with Crippen LogP contribution in [-0.2, 0) is 9.84 Å². The molecule has 0 aliphatic rings. The van der Waals surface area contributed by atoms with Crippen LogP contribution >= 0.6 is 27.3 Å². The molecule has 0 spiro atoms. The average molecular weight is 357 g/mol. The topological polar surface area (TPSA) is 62.8 Å². The Bertz CT molecular complexity index is 865. The molecule has 0 amide bonds. The van der Waals surface area contributed by atoms with E-state index in [4.69, 9.17) is 0 Å². The van der Waals surface area contributed by atoms with Crippen molar-refractivity contribution in [2.45, 2.75) is 4.90 Å². The van der Waals surface area contributed by atoms with Crippen molar-refractivity contribution in [1.29, 1.82) is 0 Å². The average Bonchev–Trinajstić information content (AvgIpc) is 2.92. The van der Waals surface area contributed by atoms with Crippen molar-refractivity contribution in [3.63, 3.8) is 0 Å². The number of fused-ring (bicyclic) bond motifs is 1. The Hall–Kier alpha value is -1.18. The second-order valence-corrected chi connectivity index (χ2v) is 8.48. The summed E-state index contributed by atoms with van der Waals surface area (Å²) in [5, 5.41) is 1.99. The Balaban J connectivity index is 2.16. The van der Waals surface area contributed by atoms with Crippen LogP contribution in [0.5, 0.6) is 0 Å². The van der Waals surface area contributed by atoms with E-state index in [0.717, 1.165) is 26.2 Å². The van der Waals surface area contributed by atoms with Crippen LogP contribution in [0.1, 0.15) is 0 Å². The lowest BCUT2D eigenvalue weighted by Crippen LogP contribution is -1.96. The summed E-state index contributed by atoms with van der Waals surface area (Å²) in [5.74, 6) is 0.739. The van der Waals surface area contributed by atoms with E-state index in [1.165, 1.54) is 6.26 Å². The fourth-order valence-corrected chi connectivity index (χ4v) is 3.58. The minimum absolute atomic E-state index is 0.293. The zero-order valence-corrected chi connectivity index (χ0v) is 13.1. The van der Waals surface area contributed by atoms with Gasteiger partial charge in [0.1, 0.15) is 5.82 Å². The third-order valence-corrected chi connectivity index (χ3v) is 5.34. The normalized spacial score (nSPS) is 12.1. The lowest BCUT2D eigenvalue weighted by Gasteiger charge is -1.96. The maximum Gasteiger partial charge on any atom is 0.175 e. The summed E-state index contributed by atoms with van der Waals surface area (Å²) in [7, 11) is -3.20. The molecule has 2 aromatic heterocycles. The number of thiophene rings is 1. The van der Waals surface area contributed by atoms with E-state index in [0.29, 0.717) is 4.90 Å². The molecule has 0 saturated carbocycles. The van der Waals surface area contributed by atoms with E-state index >= 15 is 0 Å². The summed E-state index contributed by atoms with van der Waals surface area (Å²) in [4.78, 5) is 7.90. The molecule has 0 radical (unpaired) electrons. The van der Waals surface area contributed by atoms with Gasteiger partial charge in [0.15, 0.2) is 9.84 Å². The zero-order valence-electron chi connectivity index (χ0n) is 9.84. The summed E-state index contributed by atoms with van der Waals surface area (Å²) in [6.45, 7) is 0. The highest BCUT2D eigenvalue weighted by molar-refractivity contribution is 9.11.